The summed E-state index contributed by atoms with van der Waals surface area (Å²) in [4.78, 5) is 24.8. The Morgan fingerprint density at radius 1 is 1.30 bits per heavy atom. The quantitative estimate of drug-likeness (QED) is 0.673. The Kier molecular flexibility index (Phi) is 4.33. The van der Waals surface area contributed by atoms with Gasteiger partial charge in [-0.3, -0.25) is 9.36 Å². The van der Waals surface area contributed by atoms with Gasteiger partial charge in [0.2, 0.25) is 18.6 Å². The molecule has 0 aliphatic carbocycles. The van der Waals surface area contributed by atoms with E-state index in [9.17, 15) is 4.79 Å². The van der Waals surface area contributed by atoms with Crippen molar-refractivity contribution in [2.75, 3.05) is 12.1 Å². The fraction of sp³-hybridized carbons (Fsp3) is 0.222. The number of rotatable bonds is 6. The number of imidazole rings is 1. The predicted molar refractivity (Wildman–Crippen MR) is 96.8 cm³/mol. The van der Waals surface area contributed by atoms with Gasteiger partial charge in [0, 0.05) is 30.6 Å². The van der Waals surface area contributed by atoms with Gasteiger partial charge in [-0.05, 0) is 24.6 Å². The van der Waals surface area contributed by atoms with Crippen molar-refractivity contribution in [3.63, 3.8) is 0 Å². The summed E-state index contributed by atoms with van der Waals surface area (Å²) in [5, 5.41) is 3.11. The molecule has 1 aliphatic heterocycles. The van der Waals surface area contributed by atoms with Crippen LogP contribution >= 0.6 is 0 Å². The molecule has 1 unspecified atom stereocenters. The molecule has 3 heterocycles. The van der Waals surface area contributed by atoms with Gasteiger partial charge >= 0.3 is 0 Å². The molecule has 0 saturated carbocycles. The van der Waals surface area contributed by atoms with Gasteiger partial charge < -0.3 is 20.5 Å². The smallest absolute Gasteiger partial charge is 0.240 e. The zero-order valence-corrected chi connectivity index (χ0v) is 14.6. The zero-order valence-electron chi connectivity index (χ0n) is 14.6. The number of nitrogens with one attached hydrogen (secondary N) is 1. The van der Waals surface area contributed by atoms with Crippen LogP contribution < -0.4 is 20.5 Å². The average molecular weight is 366 g/mol. The van der Waals surface area contributed by atoms with E-state index in [2.05, 4.69) is 20.3 Å². The molecular formula is C18H18N6O3. The van der Waals surface area contributed by atoms with E-state index >= 15 is 0 Å². The van der Waals surface area contributed by atoms with E-state index in [0.717, 1.165) is 11.3 Å². The Labute approximate surface area is 155 Å². The van der Waals surface area contributed by atoms with Crippen LogP contribution in [0.5, 0.6) is 11.5 Å². The number of hydrogen-bond donors (Lipinski definition) is 2. The van der Waals surface area contributed by atoms with Crippen molar-refractivity contribution in [2.24, 2.45) is 5.73 Å². The van der Waals surface area contributed by atoms with Crippen LogP contribution in [0.15, 0.2) is 43.0 Å². The van der Waals surface area contributed by atoms with Crippen molar-refractivity contribution in [1.29, 1.82) is 0 Å². The fourth-order valence-electron chi connectivity index (χ4n) is 2.82. The first-order chi connectivity index (χ1) is 13.1. The number of carbonyl (C=O) groups is 1. The third kappa shape index (κ3) is 3.66. The van der Waals surface area contributed by atoms with Crippen LogP contribution in [0.3, 0.4) is 0 Å². The van der Waals surface area contributed by atoms with Crippen molar-refractivity contribution in [1.82, 2.24) is 19.5 Å². The molecular weight excluding hydrogens is 348 g/mol. The van der Waals surface area contributed by atoms with Crippen molar-refractivity contribution in [3.8, 4) is 17.4 Å². The summed E-state index contributed by atoms with van der Waals surface area (Å²) in [7, 11) is 0. The van der Waals surface area contributed by atoms with E-state index in [0.29, 0.717) is 29.7 Å². The number of hydrogen-bond acceptors (Lipinski definition) is 7. The lowest BCUT2D eigenvalue weighted by molar-refractivity contribution is -0.118. The SMILES string of the molecule is Cc1cc(NC(Cc2ccc3c(c2)OCO3)C(N)=O)nc(-n2ccnc2)n1. The van der Waals surface area contributed by atoms with E-state index in [1.807, 2.05) is 25.1 Å². The number of nitrogens with two attached hydrogens (primary N) is 1. The number of aryl methyl sites for hydroxylation is 1. The number of amides is 1. The first-order valence-corrected chi connectivity index (χ1v) is 8.37. The Morgan fingerprint density at radius 3 is 2.93 bits per heavy atom. The van der Waals surface area contributed by atoms with Crippen LogP contribution in [0.1, 0.15) is 11.3 Å². The summed E-state index contributed by atoms with van der Waals surface area (Å²) < 4.78 is 12.4. The number of anilines is 1. The molecule has 0 fully saturated rings. The van der Waals surface area contributed by atoms with Gasteiger partial charge in [-0.1, -0.05) is 6.07 Å². The Bertz CT molecular complexity index is 973. The first kappa shape index (κ1) is 16.8. The van der Waals surface area contributed by atoms with Crippen LogP contribution in [-0.4, -0.2) is 38.3 Å². The number of benzene rings is 1. The Morgan fingerprint density at radius 2 is 2.15 bits per heavy atom. The lowest BCUT2D eigenvalue weighted by atomic mass is 10.0. The standard InChI is InChI=1S/C18H18N6O3/c1-11-6-16(23-18(21-11)24-5-4-20-9-24)22-13(17(19)25)7-12-2-3-14-15(8-12)27-10-26-14/h2-6,8-9,13H,7,10H2,1H3,(H2,19,25)(H,21,22,23). The van der Waals surface area contributed by atoms with Crippen LogP contribution in [0.25, 0.3) is 5.95 Å². The second-order valence-electron chi connectivity index (χ2n) is 6.16. The van der Waals surface area contributed by atoms with Crippen molar-refractivity contribution in [3.05, 3.63) is 54.2 Å². The van der Waals surface area contributed by atoms with E-state index in [1.54, 1.807) is 29.4 Å². The van der Waals surface area contributed by atoms with Crippen molar-refractivity contribution < 1.29 is 14.3 Å². The third-order valence-electron chi connectivity index (χ3n) is 4.12. The normalized spacial score (nSPS) is 13.4. The molecule has 3 aromatic rings. The number of primary amides is 1. The van der Waals surface area contributed by atoms with E-state index < -0.39 is 11.9 Å². The first-order valence-electron chi connectivity index (χ1n) is 8.37. The number of carbonyl (C=O) groups excluding carboxylic acids is 1. The summed E-state index contributed by atoms with van der Waals surface area (Å²) in [6, 6.07) is 6.67. The fourth-order valence-corrected chi connectivity index (χ4v) is 2.82. The minimum atomic E-state index is -0.643. The summed E-state index contributed by atoms with van der Waals surface area (Å²) in [5.41, 5.74) is 7.25. The van der Waals surface area contributed by atoms with Gasteiger partial charge in [0.15, 0.2) is 11.5 Å². The minimum Gasteiger partial charge on any atom is -0.454 e. The molecule has 2 aromatic heterocycles. The summed E-state index contributed by atoms with van der Waals surface area (Å²) >= 11 is 0. The van der Waals surface area contributed by atoms with Crippen LogP contribution in [0, 0.1) is 6.92 Å². The molecule has 9 heteroatoms. The lowest BCUT2D eigenvalue weighted by Gasteiger charge is -2.17. The van der Waals surface area contributed by atoms with E-state index in [-0.39, 0.29) is 6.79 Å². The molecule has 9 nitrogen and oxygen atoms in total. The van der Waals surface area contributed by atoms with Gasteiger partial charge in [0.25, 0.3) is 0 Å². The van der Waals surface area contributed by atoms with Crippen LogP contribution in [0.4, 0.5) is 5.82 Å². The third-order valence-corrected chi connectivity index (χ3v) is 4.12. The molecule has 1 aromatic carbocycles. The maximum Gasteiger partial charge on any atom is 0.240 e. The van der Waals surface area contributed by atoms with Gasteiger partial charge in [0.05, 0.1) is 0 Å². The molecule has 1 aliphatic rings. The summed E-state index contributed by atoms with van der Waals surface area (Å²) in [6.45, 7) is 2.05. The predicted octanol–water partition coefficient (Wildman–Crippen LogP) is 1.21. The summed E-state index contributed by atoms with van der Waals surface area (Å²) in [6.07, 6.45) is 5.38. The Hall–Kier alpha value is -3.62. The van der Waals surface area contributed by atoms with Crippen molar-refractivity contribution >= 4 is 11.7 Å². The molecule has 1 amide bonds. The Balaban J connectivity index is 1.56. The molecule has 0 spiro atoms. The highest BCUT2D eigenvalue weighted by molar-refractivity contribution is 5.83. The molecule has 0 radical (unpaired) electrons. The number of nitrogens with zero attached hydrogens (tertiary/aromatic N) is 4. The molecule has 27 heavy (non-hydrogen) atoms. The molecule has 0 bridgehead atoms. The second-order valence-corrected chi connectivity index (χ2v) is 6.16. The molecule has 3 N–H and O–H groups in total. The number of fused-ring (bicyclic) bond motifs is 1. The maximum absolute atomic E-state index is 12.0. The number of aromatic nitrogens is 4. The average Bonchev–Trinajstić information content (AvgIpc) is 3.32. The maximum atomic E-state index is 12.0. The van der Waals surface area contributed by atoms with Gasteiger partial charge in [-0.25, -0.2) is 9.97 Å². The van der Waals surface area contributed by atoms with Gasteiger partial charge in [-0.2, -0.15) is 4.98 Å². The highest BCUT2D eigenvalue weighted by Crippen LogP contribution is 2.32. The molecule has 1 atom stereocenters. The van der Waals surface area contributed by atoms with E-state index in [4.69, 9.17) is 15.2 Å². The van der Waals surface area contributed by atoms with Crippen molar-refractivity contribution in [2.45, 2.75) is 19.4 Å². The zero-order chi connectivity index (χ0) is 18.8. The molecule has 4 rings (SSSR count). The minimum absolute atomic E-state index is 0.202. The largest absolute Gasteiger partial charge is 0.454 e. The monoisotopic (exact) mass is 366 g/mol. The highest BCUT2D eigenvalue weighted by atomic mass is 16.7. The molecule has 0 saturated heterocycles. The lowest BCUT2D eigenvalue weighted by Crippen LogP contribution is -2.37. The van der Waals surface area contributed by atoms with Crippen LogP contribution in [0.2, 0.25) is 0 Å². The number of ether oxygens (including phenoxy) is 2. The van der Waals surface area contributed by atoms with Gasteiger partial charge in [-0.15, -0.1) is 0 Å². The highest BCUT2D eigenvalue weighted by Gasteiger charge is 2.20. The van der Waals surface area contributed by atoms with Crippen LogP contribution in [-0.2, 0) is 11.2 Å². The van der Waals surface area contributed by atoms with E-state index in [1.165, 1.54) is 0 Å². The van der Waals surface area contributed by atoms with Gasteiger partial charge in [0.1, 0.15) is 18.2 Å². The summed E-state index contributed by atoms with van der Waals surface area (Å²) in [5.74, 6) is 1.85. The topological polar surface area (TPSA) is 117 Å². The molecule has 138 valence electrons. The second kappa shape index (κ2) is 6.94.